The summed E-state index contributed by atoms with van der Waals surface area (Å²) < 4.78 is 5.04. The Morgan fingerprint density at radius 2 is 2.05 bits per heavy atom. The highest BCUT2D eigenvalue weighted by atomic mass is 16.5. The van der Waals surface area contributed by atoms with Crippen molar-refractivity contribution in [1.29, 1.82) is 0 Å². The van der Waals surface area contributed by atoms with Crippen LogP contribution < -0.4 is 16.6 Å². The summed E-state index contributed by atoms with van der Waals surface area (Å²) in [6.45, 7) is 6.63. The molecule has 0 radical (unpaired) electrons. The molecule has 0 saturated carbocycles. The highest BCUT2D eigenvalue weighted by Gasteiger charge is 2.05. The Bertz CT molecular complexity index is 398. The Kier molecular flexibility index (Phi) is 7.21. The zero-order valence-corrected chi connectivity index (χ0v) is 12.8. The largest absolute Gasteiger partial charge is 0.377 e. The zero-order valence-electron chi connectivity index (χ0n) is 12.8. The number of nitrogens with two attached hydrogens (primary N) is 1. The van der Waals surface area contributed by atoms with E-state index < -0.39 is 0 Å². The number of ether oxygens (including phenoxy) is 1. The monoisotopic (exact) mass is 282 g/mol. The number of anilines is 2. The predicted octanol–water partition coefficient (Wildman–Crippen LogP) is 1.05. The van der Waals surface area contributed by atoms with Gasteiger partial charge < -0.3 is 20.4 Å². The number of methoxy groups -OCH3 is 1. The Morgan fingerprint density at radius 3 is 2.65 bits per heavy atom. The van der Waals surface area contributed by atoms with E-state index in [0.29, 0.717) is 24.3 Å². The molecule has 0 aliphatic carbocycles. The first kappa shape index (κ1) is 16.6. The van der Waals surface area contributed by atoms with Gasteiger partial charge in [-0.05, 0) is 33.9 Å². The average Bonchev–Trinajstić information content (AvgIpc) is 2.43. The second kappa shape index (κ2) is 8.68. The smallest absolute Gasteiger partial charge is 0.158 e. The molecule has 7 heteroatoms. The third-order valence-electron chi connectivity index (χ3n) is 3.07. The number of nitrogens with zero attached hydrogens (tertiary/aromatic N) is 3. The van der Waals surface area contributed by atoms with Crippen LogP contribution in [-0.4, -0.2) is 48.2 Å². The molecular weight excluding hydrogens is 256 g/mol. The van der Waals surface area contributed by atoms with E-state index >= 15 is 0 Å². The van der Waals surface area contributed by atoms with Crippen LogP contribution in [0.1, 0.15) is 26.1 Å². The van der Waals surface area contributed by atoms with Gasteiger partial charge in [-0.25, -0.2) is 15.8 Å². The Hall–Kier alpha value is -1.44. The summed E-state index contributed by atoms with van der Waals surface area (Å²) in [5, 5.41) is 3.28. The zero-order chi connectivity index (χ0) is 15.0. The fraction of sp³-hybridized carbons (Fsp3) is 0.692. The maximum absolute atomic E-state index is 5.40. The Labute approximate surface area is 120 Å². The minimum Gasteiger partial charge on any atom is -0.377 e. The van der Waals surface area contributed by atoms with Gasteiger partial charge in [-0.2, -0.15) is 0 Å². The molecule has 1 heterocycles. The number of hydrogen-bond acceptors (Lipinski definition) is 7. The van der Waals surface area contributed by atoms with E-state index in [-0.39, 0.29) is 0 Å². The lowest BCUT2D eigenvalue weighted by atomic mass is 10.3. The third kappa shape index (κ3) is 5.68. The minimum absolute atomic E-state index is 0.361. The first-order valence-corrected chi connectivity index (χ1v) is 6.84. The lowest BCUT2D eigenvalue weighted by Gasteiger charge is -2.20. The van der Waals surface area contributed by atoms with Gasteiger partial charge in [-0.3, -0.25) is 0 Å². The normalized spacial score (nSPS) is 11.2. The van der Waals surface area contributed by atoms with E-state index in [1.807, 2.05) is 0 Å². The molecule has 0 aromatic carbocycles. The van der Waals surface area contributed by atoms with Gasteiger partial charge in [0.15, 0.2) is 5.82 Å². The van der Waals surface area contributed by atoms with Crippen molar-refractivity contribution < 1.29 is 4.74 Å². The van der Waals surface area contributed by atoms with Gasteiger partial charge in [0, 0.05) is 25.8 Å². The highest BCUT2D eigenvalue weighted by Crippen LogP contribution is 2.11. The minimum atomic E-state index is 0.361. The van der Waals surface area contributed by atoms with Gasteiger partial charge in [-0.15, -0.1) is 0 Å². The second-order valence-corrected chi connectivity index (χ2v) is 4.99. The number of nitrogens with one attached hydrogen (secondary N) is 2. The molecule has 1 rings (SSSR count). The van der Waals surface area contributed by atoms with Crippen molar-refractivity contribution >= 4 is 11.6 Å². The van der Waals surface area contributed by atoms with E-state index in [1.54, 1.807) is 13.2 Å². The van der Waals surface area contributed by atoms with Crippen LogP contribution in [0.3, 0.4) is 0 Å². The Morgan fingerprint density at radius 1 is 1.35 bits per heavy atom. The topological polar surface area (TPSA) is 88.3 Å². The van der Waals surface area contributed by atoms with Crippen molar-refractivity contribution in [2.45, 2.75) is 32.9 Å². The first-order valence-electron chi connectivity index (χ1n) is 6.84. The van der Waals surface area contributed by atoms with Gasteiger partial charge in [0.25, 0.3) is 0 Å². The molecular formula is C13H26N6O. The van der Waals surface area contributed by atoms with Gasteiger partial charge >= 0.3 is 0 Å². The quantitative estimate of drug-likeness (QED) is 0.354. The predicted molar refractivity (Wildman–Crippen MR) is 81.4 cm³/mol. The molecule has 0 aliphatic rings. The summed E-state index contributed by atoms with van der Waals surface area (Å²) in [6.07, 6.45) is 1.05. The van der Waals surface area contributed by atoms with Gasteiger partial charge in [0.05, 0.1) is 0 Å². The molecule has 0 aliphatic heterocycles. The van der Waals surface area contributed by atoms with Crippen molar-refractivity contribution in [3.05, 3.63) is 11.9 Å². The maximum atomic E-state index is 5.40. The lowest BCUT2D eigenvalue weighted by Crippen LogP contribution is -2.28. The SMILES string of the molecule is COCc1nc(NN)cc(NCCCN(C)C(C)C)n1. The van der Waals surface area contributed by atoms with Crippen LogP contribution in [0.4, 0.5) is 11.6 Å². The molecule has 4 N–H and O–H groups in total. The van der Waals surface area contributed by atoms with Crippen molar-refractivity contribution in [3.8, 4) is 0 Å². The molecule has 0 bridgehead atoms. The fourth-order valence-corrected chi connectivity index (χ4v) is 1.66. The van der Waals surface area contributed by atoms with Crippen molar-refractivity contribution in [2.24, 2.45) is 5.84 Å². The molecule has 0 amide bonds. The van der Waals surface area contributed by atoms with Crippen LogP contribution in [0.5, 0.6) is 0 Å². The van der Waals surface area contributed by atoms with Crippen LogP contribution in [-0.2, 0) is 11.3 Å². The molecule has 20 heavy (non-hydrogen) atoms. The second-order valence-electron chi connectivity index (χ2n) is 4.99. The molecule has 7 nitrogen and oxygen atoms in total. The van der Waals surface area contributed by atoms with Crippen LogP contribution in [0.25, 0.3) is 0 Å². The summed E-state index contributed by atoms with van der Waals surface area (Å²) in [5.41, 5.74) is 2.53. The molecule has 0 fully saturated rings. The maximum Gasteiger partial charge on any atom is 0.158 e. The molecule has 114 valence electrons. The first-order chi connectivity index (χ1) is 9.56. The summed E-state index contributed by atoms with van der Waals surface area (Å²) in [4.78, 5) is 10.9. The van der Waals surface area contributed by atoms with E-state index in [1.165, 1.54) is 0 Å². The summed E-state index contributed by atoms with van der Waals surface area (Å²) in [5.74, 6) is 7.33. The van der Waals surface area contributed by atoms with Gasteiger partial charge in [-0.1, -0.05) is 0 Å². The fourth-order valence-electron chi connectivity index (χ4n) is 1.66. The number of hydrazine groups is 1. The molecule has 0 unspecified atom stereocenters. The van der Waals surface area contributed by atoms with Crippen LogP contribution in [0.2, 0.25) is 0 Å². The number of hydrogen-bond donors (Lipinski definition) is 3. The van der Waals surface area contributed by atoms with Gasteiger partial charge in [0.1, 0.15) is 18.2 Å². The molecule has 0 atom stereocenters. The van der Waals surface area contributed by atoms with Crippen LogP contribution >= 0.6 is 0 Å². The standard InChI is InChI=1S/C13H26N6O/c1-10(2)19(3)7-5-6-15-11-8-12(18-14)17-13(16-11)9-20-4/h8,10H,5-7,9,14H2,1-4H3,(H2,15,16,17,18). The average molecular weight is 282 g/mol. The van der Waals surface area contributed by atoms with Crippen LogP contribution in [0, 0.1) is 0 Å². The third-order valence-corrected chi connectivity index (χ3v) is 3.07. The van der Waals surface area contributed by atoms with E-state index in [4.69, 9.17) is 10.6 Å². The molecule has 0 spiro atoms. The number of aromatic nitrogens is 2. The molecule has 1 aromatic rings. The van der Waals surface area contributed by atoms with Crippen molar-refractivity contribution in [2.75, 3.05) is 38.0 Å². The molecule has 1 aromatic heterocycles. The van der Waals surface area contributed by atoms with E-state index in [9.17, 15) is 0 Å². The summed E-state index contributed by atoms with van der Waals surface area (Å²) in [6, 6.07) is 2.35. The number of nitrogen functional groups attached to an aromatic ring is 1. The summed E-state index contributed by atoms with van der Waals surface area (Å²) >= 11 is 0. The molecule has 0 saturated heterocycles. The highest BCUT2D eigenvalue weighted by molar-refractivity contribution is 5.46. The van der Waals surface area contributed by atoms with E-state index in [2.05, 4.69) is 46.5 Å². The van der Waals surface area contributed by atoms with Crippen LogP contribution in [0.15, 0.2) is 6.07 Å². The van der Waals surface area contributed by atoms with Crippen molar-refractivity contribution in [3.63, 3.8) is 0 Å². The lowest BCUT2D eigenvalue weighted by molar-refractivity contribution is 0.178. The van der Waals surface area contributed by atoms with E-state index in [0.717, 1.165) is 25.3 Å². The number of rotatable bonds is 9. The summed E-state index contributed by atoms with van der Waals surface area (Å²) in [7, 11) is 3.74. The Balaban J connectivity index is 2.48. The van der Waals surface area contributed by atoms with Gasteiger partial charge in [0.2, 0.25) is 0 Å². The van der Waals surface area contributed by atoms with Crippen molar-refractivity contribution in [1.82, 2.24) is 14.9 Å².